The Kier molecular flexibility index (Phi) is 5.59. The zero-order chi connectivity index (χ0) is 18.4. The number of carbonyl (C=O) groups excluding carboxylic acids is 1. The van der Waals surface area contributed by atoms with Crippen LogP contribution in [-0.4, -0.2) is 28.1 Å². The molecule has 3 aromatic rings. The van der Waals surface area contributed by atoms with Crippen LogP contribution in [0.2, 0.25) is 0 Å². The van der Waals surface area contributed by atoms with Crippen LogP contribution in [0.25, 0.3) is 0 Å². The highest BCUT2D eigenvalue weighted by Gasteiger charge is 2.24. The van der Waals surface area contributed by atoms with E-state index in [0.717, 1.165) is 16.8 Å². The summed E-state index contributed by atoms with van der Waals surface area (Å²) in [7, 11) is 1.81. The van der Waals surface area contributed by atoms with E-state index in [0.29, 0.717) is 12.2 Å². The zero-order valence-corrected chi connectivity index (χ0v) is 14.9. The lowest BCUT2D eigenvalue weighted by Crippen LogP contribution is -2.17. The number of esters is 1. The standard InChI is InChI=1S/C21H21N3O2/c1-3-26-21(25)20(18-14-22-24(2)15-18)23-19(16-10-6-4-7-11-16)17-12-8-5-9-13-17/h4-15,20H,3H2,1-2H3/t20-/m1/s1. The number of aryl methyl sites for hydroxylation is 1. The molecule has 0 unspecified atom stereocenters. The van der Waals surface area contributed by atoms with Gasteiger partial charge in [-0.15, -0.1) is 0 Å². The maximum absolute atomic E-state index is 12.6. The first kappa shape index (κ1) is 17.6. The third-order valence-electron chi connectivity index (χ3n) is 3.90. The first-order valence-electron chi connectivity index (χ1n) is 8.53. The van der Waals surface area contributed by atoms with Crippen LogP contribution >= 0.6 is 0 Å². The summed E-state index contributed by atoms with van der Waals surface area (Å²) in [4.78, 5) is 17.4. The van der Waals surface area contributed by atoms with Crippen molar-refractivity contribution < 1.29 is 9.53 Å². The molecule has 0 aliphatic rings. The molecule has 5 nitrogen and oxygen atoms in total. The molecule has 26 heavy (non-hydrogen) atoms. The molecule has 5 heteroatoms. The first-order valence-corrected chi connectivity index (χ1v) is 8.53. The van der Waals surface area contributed by atoms with Gasteiger partial charge in [-0.2, -0.15) is 5.10 Å². The molecular formula is C21H21N3O2. The molecule has 3 rings (SSSR count). The van der Waals surface area contributed by atoms with Gasteiger partial charge >= 0.3 is 5.97 Å². The van der Waals surface area contributed by atoms with Gasteiger partial charge in [-0.1, -0.05) is 60.7 Å². The summed E-state index contributed by atoms with van der Waals surface area (Å²) >= 11 is 0. The monoisotopic (exact) mass is 347 g/mol. The van der Waals surface area contributed by atoms with E-state index in [4.69, 9.17) is 9.73 Å². The summed E-state index contributed by atoms with van der Waals surface area (Å²) in [5.74, 6) is -0.384. The quantitative estimate of drug-likeness (QED) is 0.506. The van der Waals surface area contributed by atoms with Gasteiger partial charge in [0.2, 0.25) is 0 Å². The number of aliphatic imine (C=N–C) groups is 1. The highest BCUT2D eigenvalue weighted by molar-refractivity contribution is 6.13. The highest BCUT2D eigenvalue weighted by atomic mass is 16.5. The molecule has 2 aromatic carbocycles. The molecule has 0 radical (unpaired) electrons. The summed E-state index contributed by atoms with van der Waals surface area (Å²) < 4.78 is 6.91. The van der Waals surface area contributed by atoms with Gasteiger partial charge in [0.05, 0.1) is 18.5 Å². The Morgan fingerprint density at radius 1 is 1.08 bits per heavy atom. The van der Waals surface area contributed by atoms with Gasteiger partial charge < -0.3 is 4.74 Å². The third-order valence-corrected chi connectivity index (χ3v) is 3.90. The van der Waals surface area contributed by atoms with Crippen molar-refractivity contribution in [2.45, 2.75) is 13.0 Å². The maximum atomic E-state index is 12.6. The van der Waals surface area contributed by atoms with Gasteiger partial charge in [0.25, 0.3) is 0 Å². The molecule has 1 aromatic heterocycles. The lowest BCUT2D eigenvalue weighted by atomic mass is 10.0. The molecule has 132 valence electrons. The van der Waals surface area contributed by atoms with Crippen LogP contribution in [0.4, 0.5) is 0 Å². The Balaban J connectivity index is 2.12. The number of aromatic nitrogens is 2. The van der Waals surface area contributed by atoms with Gasteiger partial charge in [-0.25, -0.2) is 4.79 Å². The minimum Gasteiger partial charge on any atom is -0.464 e. The van der Waals surface area contributed by atoms with Crippen LogP contribution in [0.3, 0.4) is 0 Å². The molecule has 0 aliphatic carbocycles. The normalized spacial score (nSPS) is 11.6. The fourth-order valence-corrected chi connectivity index (χ4v) is 2.70. The minimum absolute atomic E-state index is 0.303. The summed E-state index contributed by atoms with van der Waals surface area (Å²) in [5, 5.41) is 4.17. The number of hydrogen-bond acceptors (Lipinski definition) is 4. The molecule has 0 saturated carbocycles. The van der Waals surface area contributed by atoms with Crippen LogP contribution < -0.4 is 0 Å². The Morgan fingerprint density at radius 3 is 2.12 bits per heavy atom. The SMILES string of the molecule is CCOC(=O)[C@H](N=C(c1ccccc1)c1ccccc1)c1cnn(C)c1. The van der Waals surface area contributed by atoms with Crippen LogP contribution in [-0.2, 0) is 16.6 Å². The predicted molar refractivity (Wildman–Crippen MR) is 101 cm³/mol. The molecule has 1 atom stereocenters. The second kappa shape index (κ2) is 8.25. The van der Waals surface area contributed by atoms with Gasteiger partial charge in [0.15, 0.2) is 6.04 Å². The summed E-state index contributed by atoms with van der Waals surface area (Å²) in [6, 6.07) is 18.9. The third kappa shape index (κ3) is 4.06. The van der Waals surface area contributed by atoms with E-state index >= 15 is 0 Å². The first-order chi connectivity index (χ1) is 12.7. The predicted octanol–water partition coefficient (Wildman–Crippen LogP) is 3.56. The Bertz CT molecular complexity index is 844. The van der Waals surface area contributed by atoms with Gasteiger partial charge in [0, 0.05) is 29.9 Å². The fourth-order valence-electron chi connectivity index (χ4n) is 2.70. The zero-order valence-electron chi connectivity index (χ0n) is 14.9. The number of carbonyl (C=O) groups is 1. The van der Waals surface area contributed by atoms with E-state index in [1.165, 1.54) is 0 Å². The largest absolute Gasteiger partial charge is 0.464 e. The Labute approximate surface area is 153 Å². The van der Waals surface area contributed by atoms with E-state index in [2.05, 4.69) is 5.10 Å². The van der Waals surface area contributed by atoms with E-state index < -0.39 is 6.04 Å². The summed E-state index contributed by atoms with van der Waals surface area (Å²) in [6.45, 7) is 2.09. The second-order valence-electron chi connectivity index (χ2n) is 5.81. The van der Waals surface area contributed by atoms with Gasteiger partial charge in [-0.05, 0) is 6.92 Å². The molecule has 0 fully saturated rings. The number of nitrogens with zero attached hydrogens (tertiary/aromatic N) is 3. The fraction of sp³-hybridized carbons (Fsp3) is 0.190. The molecule has 0 aliphatic heterocycles. The van der Waals surface area contributed by atoms with Crippen molar-refractivity contribution in [3.8, 4) is 0 Å². The average molecular weight is 347 g/mol. The molecule has 1 heterocycles. The van der Waals surface area contributed by atoms with E-state index in [9.17, 15) is 4.79 Å². The number of ether oxygens (including phenoxy) is 1. The molecule has 0 amide bonds. The van der Waals surface area contributed by atoms with Crippen LogP contribution in [0.5, 0.6) is 0 Å². The summed E-state index contributed by atoms with van der Waals surface area (Å²) in [5.41, 5.74) is 3.33. The number of rotatable bonds is 6. The van der Waals surface area contributed by atoms with Crippen molar-refractivity contribution in [1.29, 1.82) is 0 Å². The highest BCUT2D eigenvalue weighted by Crippen LogP contribution is 2.22. The lowest BCUT2D eigenvalue weighted by molar-refractivity contribution is -0.144. The number of hydrogen-bond donors (Lipinski definition) is 0. The molecule has 0 saturated heterocycles. The molecular weight excluding hydrogens is 326 g/mol. The summed E-state index contributed by atoms with van der Waals surface area (Å²) in [6.07, 6.45) is 3.44. The molecule has 0 spiro atoms. The topological polar surface area (TPSA) is 56.5 Å². The smallest absolute Gasteiger partial charge is 0.335 e. The van der Waals surface area contributed by atoms with E-state index in [1.807, 2.05) is 67.7 Å². The number of benzene rings is 2. The maximum Gasteiger partial charge on any atom is 0.335 e. The van der Waals surface area contributed by atoms with Crippen molar-refractivity contribution in [2.24, 2.45) is 12.0 Å². The Hall–Kier alpha value is -3.21. The Morgan fingerprint density at radius 2 is 1.65 bits per heavy atom. The van der Waals surface area contributed by atoms with E-state index in [1.54, 1.807) is 24.0 Å². The van der Waals surface area contributed by atoms with Crippen molar-refractivity contribution in [2.75, 3.05) is 6.61 Å². The van der Waals surface area contributed by atoms with Gasteiger partial charge in [-0.3, -0.25) is 9.67 Å². The van der Waals surface area contributed by atoms with Gasteiger partial charge in [0.1, 0.15) is 0 Å². The lowest BCUT2D eigenvalue weighted by Gasteiger charge is -2.14. The van der Waals surface area contributed by atoms with Crippen molar-refractivity contribution in [1.82, 2.24) is 9.78 Å². The van der Waals surface area contributed by atoms with Crippen LogP contribution in [0, 0.1) is 0 Å². The van der Waals surface area contributed by atoms with Crippen LogP contribution in [0.1, 0.15) is 29.7 Å². The van der Waals surface area contributed by atoms with E-state index in [-0.39, 0.29) is 5.97 Å². The van der Waals surface area contributed by atoms with Crippen molar-refractivity contribution in [3.05, 3.63) is 89.7 Å². The molecule has 0 bridgehead atoms. The minimum atomic E-state index is -0.765. The second-order valence-corrected chi connectivity index (χ2v) is 5.81. The average Bonchev–Trinajstić information content (AvgIpc) is 3.10. The van der Waals surface area contributed by atoms with Crippen molar-refractivity contribution in [3.63, 3.8) is 0 Å². The van der Waals surface area contributed by atoms with Crippen molar-refractivity contribution >= 4 is 11.7 Å². The van der Waals surface area contributed by atoms with Crippen LogP contribution in [0.15, 0.2) is 78.0 Å². The molecule has 0 N–H and O–H groups in total.